The van der Waals surface area contributed by atoms with Crippen molar-refractivity contribution in [2.24, 2.45) is 0 Å². The Morgan fingerprint density at radius 2 is 0.949 bits per heavy atom. The third-order valence-corrected chi connectivity index (χ3v) is 7.10. The molecule has 1 heteroatoms. The average molecular weight is 509 g/mol. The van der Waals surface area contributed by atoms with Gasteiger partial charge in [0, 0.05) is 16.5 Å². The number of rotatable bonds is 3. The minimum atomic E-state index is -0.705. The minimum absolute atomic E-state index is 0.0959. The smallest absolute Gasteiger partial charge is 0.0629 e. The Kier molecular flexibility index (Phi) is 2.82. The molecule has 7 aromatic carbocycles. The Hall–Kier alpha value is -5.14. The average Bonchev–Trinajstić information content (AvgIpc) is 3.49. The highest BCUT2D eigenvalue weighted by Crippen LogP contribution is 2.44. The van der Waals surface area contributed by atoms with Crippen molar-refractivity contribution in [2.75, 3.05) is 0 Å². The number of hydrogen-bond acceptors (Lipinski definition) is 0. The van der Waals surface area contributed by atoms with Crippen molar-refractivity contribution >= 4 is 43.4 Å². The third-order valence-electron chi connectivity index (χ3n) is 7.10. The zero-order valence-corrected chi connectivity index (χ0v) is 20.4. The maximum absolute atomic E-state index is 9.22. The van der Waals surface area contributed by atoms with Crippen molar-refractivity contribution in [3.63, 3.8) is 0 Å². The molecule has 0 radical (unpaired) electrons. The molecule has 1 nitrogen and oxygen atoms in total. The summed E-state index contributed by atoms with van der Waals surface area (Å²) < 4.78 is 116. The quantitative estimate of drug-likeness (QED) is 0.209. The molecule has 0 saturated carbocycles. The predicted molar refractivity (Wildman–Crippen MR) is 167 cm³/mol. The molecule has 0 spiro atoms. The number of fused-ring (bicyclic) bond motifs is 5. The van der Waals surface area contributed by atoms with Crippen LogP contribution in [0.5, 0.6) is 0 Å². The maximum Gasteiger partial charge on any atom is 0.0629 e. The fourth-order valence-electron chi connectivity index (χ4n) is 5.52. The van der Waals surface area contributed by atoms with Gasteiger partial charge < -0.3 is 4.57 Å². The largest absolute Gasteiger partial charge is 0.309 e. The fraction of sp³-hybridized carbons (Fsp3) is 0. The molecule has 0 aliphatic heterocycles. The van der Waals surface area contributed by atoms with Crippen molar-refractivity contribution in [2.45, 2.75) is 0 Å². The van der Waals surface area contributed by atoms with Gasteiger partial charge in [0.05, 0.1) is 28.9 Å². The summed E-state index contributed by atoms with van der Waals surface area (Å²) in [6, 6.07) is 14.7. The minimum Gasteiger partial charge on any atom is -0.309 e. The van der Waals surface area contributed by atoms with Gasteiger partial charge in [-0.2, -0.15) is 0 Å². The molecule has 0 atom stereocenters. The normalized spacial score (nSPS) is 16.3. The van der Waals surface area contributed by atoms with Crippen LogP contribution in [-0.2, 0) is 0 Å². The number of hydrogen-bond donors (Lipinski definition) is 0. The monoisotopic (exact) mass is 508 g/mol. The number of benzene rings is 7. The van der Waals surface area contributed by atoms with Crippen LogP contribution in [0.4, 0.5) is 0 Å². The van der Waals surface area contributed by atoms with Crippen LogP contribution in [0, 0.1) is 0 Å². The van der Waals surface area contributed by atoms with E-state index in [0.717, 1.165) is 27.5 Å². The first-order valence-corrected chi connectivity index (χ1v) is 12.4. The Morgan fingerprint density at radius 1 is 0.410 bits per heavy atom. The van der Waals surface area contributed by atoms with Crippen LogP contribution in [0.2, 0.25) is 0 Å². The van der Waals surface area contributed by atoms with E-state index in [1.165, 1.54) is 0 Å². The molecule has 0 unspecified atom stereocenters. The van der Waals surface area contributed by atoms with E-state index in [4.69, 9.17) is 15.1 Å². The molecule has 0 saturated heterocycles. The molecule has 1 heterocycles. The standard InChI is InChI=1S/C38H25N/c1-3-13-26(14-4-1)37-30-18-7-9-20-32(30)38(33-21-10-8-19-31(33)37)27-23-24-36-34(25-27)29-17-11-12-22-35(29)39(36)28-15-5-2-6-16-28/h1-25H/i1D,3D,4D,7D,8D,9D,10D,13D,14D,18D,19D,20D,21D. The second-order valence-electron chi connectivity index (χ2n) is 9.17. The number of para-hydroxylation sites is 2. The molecule has 39 heavy (non-hydrogen) atoms. The lowest BCUT2D eigenvalue weighted by molar-refractivity contribution is 1.18. The summed E-state index contributed by atoms with van der Waals surface area (Å²) in [5.41, 5.74) is 2.37. The van der Waals surface area contributed by atoms with Crippen LogP contribution in [0.1, 0.15) is 17.8 Å². The van der Waals surface area contributed by atoms with Crippen LogP contribution >= 0.6 is 0 Å². The van der Waals surface area contributed by atoms with Crippen molar-refractivity contribution in [1.82, 2.24) is 4.57 Å². The molecule has 1 aromatic heterocycles. The lowest BCUT2D eigenvalue weighted by Gasteiger charge is -2.18. The Bertz CT molecular complexity index is 2770. The lowest BCUT2D eigenvalue weighted by Crippen LogP contribution is -1.93. The van der Waals surface area contributed by atoms with Gasteiger partial charge >= 0.3 is 0 Å². The summed E-state index contributed by atoms with van der Waals surface area (Å²) in [4.78, 5) is 0. The molecule has 182 valence electrons. The summed E-state index contributed by atoms with van der Waals surface area (Å²) >= 11 is 0. The van der Waals surface area contributed by atoms with Crippen LogP contribution in [0.15, 0.2) is 151 Å². The topological polar surface area (TPSA) is 4.93 Å². The highest BCUT2D eigenvalue weighted by atomic mass is 15.0. The second-order valence-corrected chi connectivity index (χ2v) is 9.17. The van der Waals surface area contributed by atoms with Gasteiger partial charge in [0.1, 0.15) is 0 Å². The van der Waals surface area contributed by atoms with E-state index >= 15 is 0 Å². The fourth-order valence-corrected chi connectivity index (χ4v) is 5.52. The molecule has 0 amide bonds. The zero-order valence-electron chi connectivity index (χ0n) is 33.4. The van der Waals surface area contributed by atoms with E-state index in [1.807, 2.05) is 66.7 Å². The Balaban J connectivity index is 1.66. The van der Waals surface area contributed by atoms with Crippen molar-refractivity contribution in [3.05, 3.63) is 151 Å². The predicted octanol–water partition coefficient (Wildman–Crippen LogP) is 10.4. The number of nitrogens with zero attached hydrogens (tertiary/aromatic N) is 1. The molecule has 0 aliphatic carbocycles. The van der Waals surface area contributed by atoms with E-state index < -0.39 is 84.1 Å². The van der Waals surface area contributed by atoms with Gasteiger partial charge in [0.15, 0.2) is 0 Å². The van der Waals surface area contributed by atoms with Crippen molar-refractivity contribution in [3.8, 4) is 27.9 Å². The molecule has 0 aliphatic rings. The van der Waals surface area contributed by atoms with Crippen LogP contribution in [0.3, 0.4) is 0 Å². The van der Waals surface area contributed by atoms with Crippen LogP contribution in [0.25, 0.3) is 71.3 Å². The first-order valence-electron chi connectivity index (χ1n) is 18.9. The molecular weight excluding hydrogens is 470 g/mol. The maximum atomic E-state index is 9.22. The first-order chi connectivity index (χ1) is 24.8. The molecule has 0 N–H and O–H groups in total. The molecule has 0 bridgehead atoms. The molecule has 8 rings (SSSR count). The summed E-state index contributed by atoms with van der Waals surface area (Å²) in [6.07, 6.45) is 0. The highest BCUT2D eigenvalue weighted by molar-refractivity contribution is 6.22. The van der Waals surface area contributed by atoms with Crippen LogP contribution in [-0.4, -0.2) is 4.57 Å². The summed E-state index contributed by atoms with van der Waals surface area (Å²) in [7, 11) is 0. The molecule has 8 aromatic rings. The highest BCUT2D eigenvalue weighted by Gasteiger charge is 2.18. The van der Waals surface area contributed by atoms with Crippen molar-refractivity contribution < 1.29 is 17.8 Å². The first kappa shape index (κ1) is 12.6. The lowest BCUT2D eigenvalue weighted by atomic mass is 9.86. The third kappa shape index (κ3) is 3.34. The molecular formula is C38H25N. The van der Waals surface area contributed by atoms with E-state index in [1.54, 1.807) is 6.07 Å². The van der Waals surface area contributed by atoms with E-state index in [0.29, 0.717) is 5.56 Å². The Labute approximate surface area is 245 Å². The second kappa shape index (κ2) is 8.72. The summed E-state index contributed by atoms with van der Waals surface area (Å²) in [5, 5.41) is 0.951. The van der Waals surface area contributed by atoms with Crippen molar-refractivity contribution in [1.29, 1.82) is 0 Å². The van der Waals surface area contributed by atoms with E-state index in [9.17, 15) is 2.74 Å². The number of aromatic nitrogens is 1. The van der Waals surface area contributed by atoms with Gasteiger partial charge in [0.25, 0.3) is 0 Å². The van der Waals surface area contributed by atoms with E-state index in [2.05, 4.69) is 4.57 Å². The van der Waals surface area contributed by atoms with Gasteiger partial charge in [-0.15, -0.1) is 0 Å². The molecule has 0 fully saturated rings. The summed E-state index contributed by atoms with van der Waals surface area (Å²) in [6.45, 7) is 0. The zero-order chi connectivity index (χ0) is 37.1. The SMILES string of the molecule is [2H]c1c([2H])c([2H])c(-c2c3c([2H])c([2H])c([2H])c([2H])c3c(-c3ccc4c(c3)c3ccccc3n4-c3ccccc3)c3c([2H])c([2H])c([2H])c([2H])c23)c([2H])c1[2H]. The van der Waals surface area contributed by atoms with Gasteiger partial charge in [0.2, 0.25) is 0 Å². The van der Waals surface area contributed by atoms with E-state index in [-0.39, 0.29) is 32.7 Å². The van der Waals surface area contributed by atoms with Crippen LogP contribution < -0.4 is 0 Å². The van der Waals surface area contributed by atoms with Gasteiger partial charge in [-0.25, -0.2) is 0 Å². The van der Waals surface area contributed by atoms with Gasteiger partial charge in [-0.05, 0) is 74.1 Å². The van der Waals surface area contributed by atoms with Gasteiger partial charge in [-0.3, -0.25) is 0 Å². The Morgan fingerprint density at radius 3 is 1.62 bits per heavy atom. The summed E-state index contributed by atoms with van der Waals surface area (Å²) in [5.74, 6) is 0. The van der Waals surface area contributed by atoms with Gasteiger partial charge in [-0.1, -0.05) is 121 Å².